The van der Waals surface area contributed by atoms with Crippen LogP contribution in [0.3, 0.4) is 0 Å². The van der Waals surface area contributed by atoms with E-state index >= 15 is 0 Å². The number of guanidine groups is 2. The van der Waals surface area contributed by atoms with Gasteiger partial charge in [0.05, 0.1) is 137 Å². The standard InChI is InChI=1S/C53H82N16O21/c1-6-12-83-14-16-85-18-19-86-17-15-84-13-7-44(78)67(23-33-25-68(65-63-33)10-8-58-42(76)29-87-47(38(74)27-70)46-35(20-31(2)72)36(61-52(54)55)21-40(89-46)50(79)81-4)24-34-26-69(66-64-34)11-9-59-43(77)30-88-48(39(75)28-71)49-45(60-32(3)73)37(62-53(56)57)22-41(90-49)51(80)82-5/h1,21-22,25-26,35-39,45-49,70-71,74-75H,7-20,23-24,27-30H2,2-5H3,(H,58,76)(H,59,77)(H,60,73)(H4,54,55,61)(H4,56,57,62)/t35-,36+,37+,38-,39-,45-,46-,47-,48-,49-/m1/s1. The van der Waals surface area contributed by atoms with Gasteiger partial charge in [-0.3, -0.25) is 28.5 Å². The summed E-state index contributed by atoms with van der Waals surface area (Å²) in [5.41, 5.74) is 23.2. The predicted octanol–water partition coefficient (Wildman–Crippen LogP) is -7.51. The number of aliphatic hydroxyl groups is 4. The van der Waals surface area contributed by atoms with Crippen molar-refractivity contribution in [2.24, 2.45) is 38.8 Å². The Labute approximate surface area is 517 Å². The van der Waals surface area contributed by atoms with Crippen molar-refractivity contribution in [1.29, 1.82) is 0 Å². The fourth-order valence-electron chi connectivity index (χ4n) is 8.94. The monoisotopic (exact) mass is 1280 g/mol. The minimum Gasteiger partial charge on any atom is -0.480 e. The highest BCUT2D eigenvalue weighted by molar-refractivity contribution is 5.88. The summed E-state index contributed by atoms with van der Waals surface area (Å²) in [6.45, 7) is 1.21. The summed E-state index contributed by atoms with van der Waals surface area (Å²) >= 11 is 0. The lowest BCUT2D eigenvalue weighted by atomic mass is 9.82. The predicted molar refractivity (Wildman–Crippen MR) is 308 cm³/mol. The van der Waals surface area contributed by atoms with Crippen LogP contribution in [-0.4, -0.2) is 270 Å². The second kappa shape index (κ2) is 39.5. The summed E-state index contributed by atoms with van der Waals surface area (Å²) in [7, 11) is 2.18. The first-order valence-electron chi connectivity index (χ1n) is 28.1. The zero-order valence-electron chi connectivity index (χ0n) is 50.4. The Bertz CT molecular complexity index is 2640. The fraction of sp³-hybridized carbons (Fsp3) is 0.642. The number of amides is 4. The van der Waals surface area contributed by atoms with Gasteiger partial charge in [-0.05, 0) is 19.1 Å². The smallest absolute Gasteiger partial charge is 0.373 e. The molecule has 2 aromatic heterocycles. The van der Waals surface area contributed by atoms with Gasteiger partial charge in [-0.15, -0.1) is 16.6 Å². The number of carbonyl (C=O) groups is 7. The van der Waals surface area contributed by atoms with Crippen LogP contribution in [0.4, 0.5) is 0 Å². The number of carbonyl (C=O) groups excluding carboxylic acids is 7. The molecule has 2 aliphatic heterocycles. The number of rotatable bonds is 42. The largest absolute Gasteiger partial charge is 0.480 e. The molecule has 90 heavy (non-hydrogen) atoms. The van der Waals surface area contributed by atoms with Crippen LogP contribution >= 0.6 is 0 Å². The number of nitrogens with two attached hydrogens (primary N) is 4. The van der Waals surface area contributed by atoms with Crippen LogP contribution in [0.25, 0.3) is 0 Å². The summed E-state index contributed by atoms with van der Waals surface area (Å²) in [5.74, 6) is -4.67. The number of esters is 2. The number of hydrogen-bond acceptors (Lipinski definition) is 27. The Morgan fingerprint density at radius 2 is 1.16 bits per heavy atom. The molecule has 0 radical (unpaired) electrons. The first kappa shape index (κ1) is 74.0. The van der Waals surface area contributed by atoms with E-state index in [1.54, 1.807) is 12.4 Å². The average molecular weight is 1280 g/mol. The average Bonchev–Trinajstić information content (AvgIpc) is 1.32. The maximum Gasteiger partial charge on any atom is 0.373 e. The number of aromatic nitrogens is 6. The molecule has 0 bridgehead atoms. The summed E-state index contributed by atoms with van der Waals surface area (Å²) in [6.07, 6.45) is 1.17. The van der Waals surface area contributed by atoms with E-state index in [-0.39, 0.29) is 102 Å². The zero-order chi connectivity index (χ0) is 66.1. The van der Waals surface area contributed by atoms with Gasteiger partial charge in [0.1, 0.15) is 67.5 Å². The van der Waals surface area contributed by atoms with Crippen LogP contribution in [0.1, 0.15) is 38.1 Å². The number of terminal acetylenes is 1. The molecule has 37 heteroatoms. The van der Waals surface area contributed by atoms with Gasteiger partial charge >= 0.3 is 11.9 Å². The Kier molecular flexibility index (Phi) is 32.5. The van der Waals surface area contributed by atoms with Gasteiger partial charge in [-0.1, -0.05) is 16.3 Å². The van der Waals surface area contributed by atoms with E-state index in [0.29, 0.717) is 37.8 Å². The van der Waals surface area contributed by atoms with Gasteiger partial charge in [-0.25, -0.2) is 19.6 Å². The zero-order valence-corrected chi connectivity index (χ0v) is 50.4. The highest BCUT2D eigenvalue weighted by Crippen LogP contribution is 2.34. The Hall–Kier alpha value is -8.45. The molecule has 2 aliphatic rings. The van der Waals surface area contributed by atoms with Gasteiger partial charge in [-0.2, -0.15) is 0 Å². The normalized spacial score (nSPS) is 19.1. The first-order chi connectivity index (χ1) is 43.1. The van der Waals surface area contributed by atoms with Crippen LogP contribution in [0.2, 0.25) is 0 Å². The molecule has 0 unspecified atom stereocenters. The van der Waals surface area contributed by atoms with Crippen LogP contribution in [0.15, 0.2) is 46.0 Å². The summed E-state index contributed by atoms with van der Waals surface area (Å²) < 4.78 is 57.4. The van der Waals surface area contributed by atoms with E-state index in [9.17, 15) is 54.0 Å². The SMILES string of the molecule is C#CCOCCOCCOCCOCCC(=O)N(Cc1cn(CCNC(=O)CO[C@@H]([C@@H]2OC(C(=O)OC)=C[C@H](N=C(N)N)[C@H]2CC(C)=O)[C@H](O)CO)nn1)Cc1cn(CCNC(=O)CO[C@@H]([C@@H]2OC(C(=O)OC)=C[C@H](N=C(N)N)[C@H]2NC(C)=O)[C@H](O)CO)nn1. The van der Waals surface area contributed by atoms with Gasteiger partial charge < -0.3 is 116 Å². The number of hydrogen-bond donors (Lipinski definition) is 11. The molecular formula is C53H82N16O21. The van der Waals surface area contributed by atoms with Crippen LogP contribution < -0.4 is 38.9 Å². The van der Waals surface area contributed by atoms with Gasteiger partial charge in [0.25, 0.3) is 0 Å². The molecule has 4 rings (SSSR count). The highest BCUT2D eigenvalue weighted by Gasteiger charge is 2.47. The van der Waals surface area contributed by atoms with Crippen molar-refractivity contribution in [1.82, 2.24) is 50.8 Å². The topological polar surface area (TPSA) is 522 Å². The van der Waals surface area contributed by atoms with E-state index in [1.807, 2.05) is 0 Å². The molecule has 37 nitrogen and oxygen atoms in total. The Balaban J connectivity index is 1.38. The highest BCUT2D eigenvalue weighted by atomic mass is 16.6. The lowest BCUT2D eigenvalue weighted by molar-refractivity contribution is -0.164. The molecule has 0 aliphatic carbocycles. The quantitative estimate of drug-likeness (QED) is 0.00967. The van der Waals surface area contributed by atoms with Crippen molar-refractivity contribution in [2.45, 2.75) is 108 Å². The fourth-order valence-corrected chi connectivity index (χ4v) is 8.94. The number of Topliss-reactive ketones (excluding diaryl/α,β-unsaturated/α-hetero) is 1. The van der Waals surface area contributed by atoms with Crippen LogP contribution in [0.5, 0.6) is 0 Å². The number of ketones is 1. The van der Waals surface area contributed by atoms with Crippen molar-refractivity contribution in [3.05, 3.63) is 47.5 Å². The number of nitrogens with zero attached hydrogens (tertiary/aromatic N) is 9. The van der Waals surface area contributed by atoms with Crippen LogP contribution in [0, 0.1) is 18.3 Å². The lowest BCUT2D eigenvalue weighted by Crippen LogP contribution is -2.60. The maximum atomic E-state index is 13.8. The third-order valence-corrected chi connectivity index (χ3v) is 12.9. The maximum absolute atomic E-state index is 13.8. The minimum absolute atomic E-state index is 0.0231. The second-order valence-corrected chi connectivity index (χ2v) is 19.9. The van der Waals surface area contributed by atoms with Crippen molar-refractivity contribution in [2.75, 3.05) is 107 Å². The van der Waals surface area contributed by atoms with Crippen molar-refractivity contribution in [3.63, 3.8) is 0 Å². The number of methoxy groups -OCH3 is 2. The molecule has 0 fully saturated rings. The molecule has 10 atom stereocenters. The molecule has 4 heterocycles. The Morgan fingerprint density at radius 1 is 0.700 bits per heavy atom. The van der Waals surface area contributed by atoms with E-state index in [1.165, 1.54) is 40.3 Å². The van der Waals surface area contributed by atoms with E-state index in [2.05, 4.69) is 52.5 Å². The summed E-state index contributed by atoms with van der Waals surface area (Å²) in [6, 6.07) is -3.36. The molecule has 0 aromatic carbocycles. The first-order valence-corrected chi connectivity index (χ1v) is 28.1. The van der Waals surface area contributed by atoms with Gasteiger partial charge in [0.15, 0.2) is 18.0 Å². The minimum atomic E-state index is -1.72. The van der Waals surface area contributed by atoms with Crippen LogP contribution in [-0.2, 0) is 107 Å². The molecule has 15 N–H and O–H groups in total. The molecule has 0 spiro atoms. The lowest BCUT2D eigenvalue weighted by Gasteiger charge is -2.40. The number of aliphatic imine (C=N–C) groups is 2. The van der Waals surface area contributed by atoms with Gasteiger partial charge in [0, 0.05) is 32.4 Å². The molecular weight excluding hydrogens is 1200 g/mol. The van der Waals surface area contributed by atoms with Crippen molar-refractivity contribution in [3.8, 4) is 12.3 Å². The third kappa shape index (κ3) is 25.6. The number of ether oxygens (including phenoxy) is 10. The second-order valence-electron chi connectivity index (χ2n) is 19.9. The molecule has 500 valence electrons. The van der Waals surface area contributed by atoms with Crippen molar-refractivity contribution >= 4 is 53.3 Å². The molecule has 4 amide bonds. The van der Waals surface area contributed by atoms with Gasteiger partial charge in [0.2, 0.25) is 35.1 Å². The van der Waals surface area contributed by atoms with E-state index in [0.717, 1.165) is 14.2 Å². The molecule has 0 saturated carbocycles. The summed E-state index contributed by atoms with van der Waals surface area (Å²) in [4.78, 5) is 99.6. The van der Waals surface area contributed by atoms with E-state index in [4.69, 9.17) is 76.7 Å². The number of aliphatic hydroxyl groups excluding tert-OH is 4. The van der Waals surface area contributed by atoms with Crippen molar-refractivity contribution < 1.29 is 101 Å². The Morgan fingerprint density at radius 3 is 1.61 bits per heavy atom. The molecule has 2 aromatic rings. The number of nitrogens with one attached hydrogen (secondary N) is 3. The summed E-state index contributed by atoms with van der Waals surface area (Å²) in [5, 5.41) is 66.3. The van der Waals surface area contributed by atoms with E-state index < -0.39 is 128 Å². The third-order valence-electron chi connectivity index (χ3n) is 12.9. The molecule has 0 saturated heterocycles.